The van der Waals surface area contributed by atoms with Crippen LogP contribution >= 0.6 is 11.6 Å². The van der Waals surface area contributed by atoms with E-state index < -0.39 is 0 Å². The van der Waals surface area contributed by atoms with Gasteiger partial charge in [-0.1, -0.05) is 47.1 Å². The van der Waals surface area contributed by atoms with E-state index in [1.807, 2.05) is 18.2 Å². The van der Waals surface area contributed by atoms with Crippen LogP contribution in [0.5, 0.6) is 0 Å². The van der Waals surface area contributed by atoms with E-state index in [-0.39, 0.29) is 18.1 Å². The average molecular weight is 359 g/mol. The van der Waals surface area contributed by atoms with E-state index in [4.69, 9.17) is 16.1 Å². The Morgan fingerprint density at radius 1 is 1.16 bits per heavy atom. The second kappa shape index (κ2) is 7.94. The summed E-state index contributed by atoms with van der Waals surface area (Å²) in [6.07, 6.45) is 2.21. The molecule has 2 aromatic carbocycles. The Morgan fingerprint density at radius 3 is 2.80 bits per heavy atom. The molecule has 0 spiro atoms. The van der Waals surface area contributed by atoms with Crippen molar-refractivity contribution in [2.75, 3.05) is 0 Å². The molecule has 0 aliphatic carbocycles. The van der Waals surface area contributed by atoms with Crippen molar-refractivity contribution in [3.05, 3.63) is 76.8 Å². The van der Waals surface area contributed by atoms with Gasteiger partial charge in [0.15, 0.2) is 0 Å². The number of nitrogens with one attached hydrogen (secondary N) is 1. The van der Waals surface area contributed by atoms with Crippen LogP contribution in [-0.4, -0.2) is 11.1 Å². The lowest BCUT2D eigenvalue weighted by Crippen LogP contribution is -2.23. The standard InChI is InChI=1S/C19H16ClFN2O2/c20-17-7-2-1-4-14(17)11-22-18(24)9-8-15-12-25-23-19(15)13-5-3-6-16(21)10-13/h1-7,10,12H,8-9,11H2,(H,22,24). The minimum absolute atomic E-state index is 0.105. The maximum absolute atomic E-state index is 13.4. The largest absolute Gasteiger partial charge is 0.364 e. The fourth-order valence-electron chi connectivity index (χ4n) is 2.48. The van der Waals surface area contributed by atoms with Gasteiger partial charge in [-0.2, -0.15) is 0 Å². The van der Waals surface area contributed by atoms with Crippen LogP contribution < -0.4 is 5.32 Å². The molecule has 6 heteroatoms. The summed E-state index contributed by atoms with van der Waals surface area (Å²) in [6.45, 7) is 0.374. The lowest BCUT2D eigenvalue weighted by Gasteiger charge is -2.07. The molecule has 1 aromatic heterocycles. The second-order valence-electron chi connectivity index (χ2n) is 5.57. The minimum Gasteiger partial charge on any atom is -0.364 e. The lowest BCUT2D eigenvalue weighted by molar-refractivity contribution is -0.121. The first-order chi connectivity index (χ1) is 12.1. The van der Waals surface area contributed by atoms with Gasteiger partial charge in [0, 0.05) is 29.1 Å². The Hall–Kier alpha value is -2.66. The van der Waals surface area contributed by atoms with Crippen molar-refractivity contribution in [2.24, 2.45) is 0 Å². The van der Waals surface area contributed by atoms with Gasteiger partial charge in [0.05, 0.1) is 0 Å². The molecule has 1 heterocycles. The van der Waals surface area contributed by atoms with Crippen LogP contribution in [0.15, 0.2) is 59.3 Å². The summed E-state index contributed by atoms with van der Waals surface area (Å²) in [4.78, 5) is 12.1. The van der Waals surface area contributed by atoms with Crippen LogP contribution in [0.3, 0.4) is 0 Å². The molecule has 128 valence electrons. The van der Waals surface area contributed by atoms with Crippen molar-refractivity contribution in [1.29, 1.82) is 0 Å². The second-order valence-corrected chi connectivity index (χ2v) is 5.97. The van der Waals surface area contributed by atoms with Crippen LogP contribution in [0.25, 0.3) is 11.3 Å². The molecule has 4 nitrogen and oxygen atoms in total. The Balaban J connectivity index is 1.58. The number of carbonyl (C=O) groups excluding carboxylic acids is 1. The SMILES string of the molecule is O=C(CCc1conc1-c1cccc(F)c1)NCc1ccccc1Cl. The first-order valence-electron chi connectivity index (χ1n) is 7.83. The maximum Gasteiger partial charge on any atom is 0.220 e. The van der Waals surface area contributed by atoms with Gasteiger partial charge in [0.2, 0.25) is 5.91 Å². The summed E-state index contributed by atoms with van der Waals surface area (Å²) < 4.78 is 18.4. The van der Waals surface area contributed by atoms with Crippen LogP contribution in [0.1, 0.15) is 17.5 Å². The van der Waals surface area contributed by atoms with E-state index in [1.165, 1.54) is 18.4 Å². The number of aryl methyl sites for hydroxylation is 1. The molecule has 0 atom stereocenters. The minimum atomic E-state index is -0.344. The molecule has 3 aromatic rings. The molecule has 25 heavy (non-hydrogen) atoms. The Bertz CT molecular complexity index is 879. The molecule has 0 fully saturated rings. The molecule has 0 bridgehead atoms. The maximum atomic E-state index is 13.4. The predicted molar refractivity (Wildman–Crippen MR) is 93.5 cm³/mol. The van der Waals surface area contributed by atoms with Crippen LogP contribution in [-0.2, 0) is 17.8 Å². The number of halogens is 2. The normalized spacial score (nSPS) is 10.6. The molecule has 1 N–H and O–H groups in total. The number of nitrogens with zero attached hydrogens (tertiary/aromatic N) is 1. The number of aromatic nitrogens is 1. The van der Waals surface area contributed by atoms with E-state index in [0.717, 1.165) is 11.1 Å². The van der Waals surface area contributed by atoms with Gasteiger partial charge in [0.25, 0.3) is 0 Å². The van der Waals surface area contributed by atoms with Crippen LogP contribution in [0, 0.1) is 5.82 Å². The fraction of sp³-hybridized carbons (Fsp3) is 0.158. The van der Waals surface area contributed by atoms with Crippen molar-refractivity contribution in [1.82, 2.24) is 10.5 Å². The molecule has 0 radical (unpaired) electrons. The van der Waals surface area contributed by atoms with Gasteiger partial charge in [-0.25, -0.2) is 4.39 Å². The Morgan fingerprint density at radius 2 is 2.00 bits per heavy atom. The third-order valence-corrected chi connectivity index (χ3v) is 4.17. The highest BCUT2D eigenvalue weighted by Gasteiger charge is 2.13. The van der Waals surface area contributed by atoms with E-state index in [1.54, 1.807) is 18.2 Å². The number of benzene rings is 2. The highest BCUT2D eigenvalue weighted by molar-refractivity contribution is 6.31. The molecule has 1 amide bonds. The quantitative estimate of drug-likeness (QED) is 0.711. The summed E-state index contributed by atoms with van der Waals surface area (Å²) in [7, 11) is 0. The fourth-order valence-corrected chi connectivity index (χ4v) is 2.68. The highest BCUT2D eigenvalue weighted by atomic mass is 35.5. The van der Waals surface area contributed by atoms with Gasteiger partial charge < -0.3 is 9.84 Å². The average Bonchev–Trinajstić information content (AvgIpc) is 3.08. The smallest absolute Gasteiger partial charge is 0.220 e. The van der Waals surface area contributed by atoms with Gasteiger partial charge in [-0.05, 0) is 30.2 Å². The molecular formula is C19H16ClFN2O2. The molecule has 0 aliphatic heterocycles. The van der Waals surface area contributed by atoms with Gasteiger partial charge in [-0.15, -0.1) is 0 Å². The van der Waals surface area contributed by atoms with Crippen molar-refractivity contribution in [2.45, 2.75) is 19.4 Å². The predicted octanol–water partition coefficient (Wildman–Crippen LogP) is 4.38. The summed E-state index contributed by atoms with van der Waals surface area (Å²) in [5, 5.41) is 7.38. The van der Waals surface area contributed by atoms with E-state index in [0.29, 0.717) is 29.2 Å². The number of hydrogen-bond donors (Lipinski definition) is 1. The highest BCUT2D eigenvalue weighted by Crippen LogP contribution is 2.23. The first kappa shape index (κ1) is 17.2. The molecule has 0 unspecified atom stereocenters. The molecule has 0 saturated heterocycles. The number of rotatable bonds is 6. The zero-order chi connectivity index (χ0) is 17.6. The lowest BCUT2D eigenvalue weighted by atomic mass is 10.0. The topological polar surface area (TPSA) is 55.1 Å². The van der Waals surface area contributed by atoms with Crippen LogP contribution in [0.2, 0.25) is 5.02 Å². The summed E-state index contributed by atoms with van der Waals surface area (Å²) in [5.41, 5.74) is 2.81. The first-order valence-corrected chi connectivity index (χ1v) is 8.20. The zero-order valence-electron chi connectivity index (χ0n) is 13.3. The third kappa shape index (κ3) is 4.45. The van der Waals surface area contributed by atoms with Crippen molar-refractivity contribution in [3.8, 4) is 11.3 Å². The van der Waals surface area contributed by atoms with Crippen molar-refractivity contribution < 1.29 is 13.7 Å². The number of hydrogen-bond acceptors (Lipinski definition) is 3. The van der Waals surface area contributed by atoms with Crippen molar-refractivity contribution in [3.63, 3.8) is 0 Å². The monoisotopic (exact) mass is 358 g/mol. The van der Waals surface area contributed by atoms with E-state index >= 15 is 0 Å². The molecular weight excluding hydrogens is 343 g/mol. The Labute approximate surface area is 149 Å². The number of amides is 1. The molecule has 3 rings (SSSR count). The zero-order valence-corrected chi connectivity index (χ0v) is 14.1. The third-order valence-electron chi connectivity index (χ3n) is 3.80. The Kier molecular flexibility index (Phi) is 5.46. The molecule has 0 aliphatic rings. The van der Waals surface area contributed by atoms with E-state index in [2.05, 4.69) is 10.5 Å². The van der Waals surface area contributed by atoms with E-state index in [9.17, 15) is 9.18 Å². The van der Waals surface area contributed by atoms with Crippen molar-refractivity contribution >= 4 is 17.5 Å². The van der Waals surface area contributed by atoms with Gasteiger partial charge in [0.1, 0.15) is 17.8 Å². The molecule has 0 saturated carbocycles. The summed E-state index contributed by atoms with van der Waals surface area (Å²) in [6, 6.07) is 13.5. The number of carbonyl (C=O) groups is 1. The van der Waals surface area contributed by atoms with Crippen LogP contribution in [0.4, 0.5) is 4.39 Å². The summed E-state index contributed by atoms with van der Waals surface area (Å²) in [5.74, 6) is -0.449. The summed E-state index contributed by atoms with van der Waals surface area (Å²) >= 11 is 6.06. The van der Waals surface area contributed by atoms with Gasteiger partial charge in [-0.3, -0.25) is 4.79 Å². The van der Waals surface area contributed by atoms with Gasteiger partial charge >= 0.3 is 0 Å².